The van der Waals surface area contributed by atoms with Crippen LogP contribution in [0.15, 0.2) is 12.7 Å². The van der Waals surface area contributed by atoms with Crippen LogP contribution in [0.25, 0.3) is 0 Å². The van der Waals surface area contributed by atoms with Crippen LogP contribution >= 0.6 is 0 Å². The van der Waals surface area contributed by atoms with Crippen molar-refractivity contribution < 1.29 is 4.79 Å². The van der Waals surface area contributed by atoms with Crippen molar-refractivity contribution >= 4 is 5.91 Å². The standard InChI is InChI=1S/C21H33NO/c1-4-5-14-6-8-16-15-7-9-18-21(3,13-11-19(23)22-18)17(15)10-12-20(14,16)2/h4,14-18H,1,5-13H2,2-3H3,(H,22,23)/t14?,15-,16-,17-,18+,20+,21+/m0/s1. The third-order valence-electron chi connectivity index (χ3n) is 8.74. The van der Waals surface area contributed by atoms with Gasteiger partial charge in [0.2, 0.25) is 5.91 Å². The molecule has 3 aliphatic carbocycles. The molecule has 4 fully saturated rings. The van der Waals surface area contributed by atoms with Gasteiger partial charge in [0.05, 0.1) is 0 Å². The minimum Gasteiger partial charge on any atom is -0.353 e. The zero-order valence-corrected chi connectivity index (χ0v) is 14.9. The molecular weight excluding hydrogens is 282 g/mol. The zero-order chi connectivity index (χ0) is 16.2. The minimum atomic E-state index is 0.290. The predicted octanol–water partition coefficient (Wildman–Crippen LogP) is 4.70. The third kappa shape index (κ3) is 2.16. The molecule has 1 amide bonds. The fourth-order valence-electron chi connectivity index (χ4n) is 7.40. The summed E-state index contributed by atoms with van der Waals surface area (Å²) in [5.74, 6) is 3.81. The number of amides is 1. The lowest BCUT2D eigenvalue weighted by atomic mass is 9.47. The second kappa shape index (κ2) is 5.36. The third-order valence-corrected chi connectivity index (χ3v) is 8.74. The zero-order valence-electron chi connectivity index (χ0n) is 14.9. The minimum absolute atomic E-state index is 0.290. The Morgan fingerprint density at radius 1 is 1.09 bits per heavy atom. The first kappa shape index (κ1) is 15.7. The van der Waals surface area contributed by atoms with Gasteiger partial charge in [-0.05, 0) is 85.9 Å². The molecule has 1 N–H and O–H groups in total. The number of hydrogen-bond acceptors (Lipinski definition) is 1. The lowest BCUT2D eigenvalue weighted by Gasteiger charge is -2.60. The summed E-state index contributed by atoms with van der Waals surface area (Å²) >= 11 is 0. The summed E-state index contributed by atoms with van der Waals surface area (Å²) in [6, 6.07) is 0.444. The molecule has 3 saturated carbocycles. The second-order valence-corrected chi connectivity index (χ2v) is 9.42. The molecule has 128 valence electrons. The number of hydrogen-bond donors (Lipinski definition) is 1. The number of allylic oxidation sites excluding steroid dienone is 1. The van der Waals surface area contributed by atoms with Crippen LogP contribution in [0.5, 0.6) is 0 Å². The van der Waals surface area contributed by atoms with E-state index in [0.29, 0.717) is 22.8 Å². The van der Waals surface area contributed by atoms with Gasteiger partial charge in [0.25, 0.3) is 0 Å². The average Bonchev–Trinajstić information content (AvgIpc) is 2.85. The van der Waals surface area contributed by atoms with Gasteiger partial charge in [0, 0.05) is 12.5 Å². The SMILES string of the molecule is C=CCC1CC[C@H]2[C@@H]3CC[C@H]4NC(=O)CC[C@]4(C)[C@H]3CC[C@]12C. The van der Waals surface area contributed by atoms with E-state index in [0.717, 1.165) is 36.5 Å². The Labute approximate surface area is 141 Å². The molecule has 1 aliphatic heterocycles. The Morgan fingerprint density at radius 3 is 2.65 bits per heavy atom. The highest BCUT2D eigenvalue weighted by Gasteiger charge is 2.59. The van der Waals surface area contributed by atoms with E-state index in [1.807, 2.05) is 0 Å². The Bertz CT molecular complexity index is 514. The summed E-state index contributed by atoms with van der Waals surface area (Å²) in [6.45, 7) is 9.09. The average molecular weight is 316 g/mol. The largest absolute Gasteiger partial charge is 0.353 e. The van der Waals surface area contributed by atoms with Crippen LogP contribution in [-0.4, -0.2) is 11.9 Å². The van der Waals surface area contributed by atoms with Crippen molar-refractivity contribution in [3.63, 3.8) is 0 Å². The first-order chi connectivity index (χ1) is 11.0. The number of piperidine rings is 1. The maximum absolute atomic E-state index is 11.8. The van der Waals surface area contributed by atoms with Crippen molar-refractivity contribution in [1.82, 2.24) is 5.32 Å². The van der Waals surface area contributed by atoms with Gasteiger partial charge in [-0.2, -0.15) is 0 Å². The summed E-state index contributed by atoms with van der Waals surface area (Å²) in [5, 5.41) is 3.34. The van der Waals surface area contributed by atoms with E-state index in [-0.39, 0.29) is 0 Å². The van der Waals surface area contributed by atoms with Crippen molar-refractivity contribution in [3.05, 3.63) is 12.7 Å². The molecular formula is C21H33NO. The molecule has 0 radical (unpaired) electrons. The Hall–Kier alpha value is -0.790. The highest BCUT2D eigenvalue weighted by Crippen LogP contribution is 2.65. The van der Waals surface area contributed by atoms with Crippen LogP contribution in [0.1, 0.15) is 71.6 Å². The topological polar surface area (TPSA) is 29.1 Å². The summed E-state index contributed by atoms with van der Waals surface area (Å²) in [4.78, 5) is 11.8. The van der Waals surface area contributed by atoms with Crippen molar-refractivity contribution in [1.29, 1.82) is 0 Å². The predicted molar refractivity (Wildman–Crippen MR) is 93.9 cm³/mol. The molecule has 0 aromatic heterocycles. The lowest BCUT2D eigenvalue weighted by molar-refractivity contribution is -0.136. The molecule has 1 saturated heterocycles. The number of carbonyl (C=O) groups is 1. The quantitative estimate of drug-likeness (QED) is 0.735. The van der Waals surface area contributed by atoms with Gasteiger partial charge in [-0.3, -0.25) is 4.79 Å². The summed E-state index contributed by atoms with van der Waals surface area (Å²) in [5.41, 5.74) is 0.908. The van der Waals surface area contributed by atoms with Crippen LogP contribution in [0.3, 0.4) is 0 Å². The molecule has 4 aliphatic rings. The molecule has 0 aromatic carbocycles. The molecule has 1 unspecified atom stereocenters. The van der Waals surface area contributed by atoms with E-state index in [1.165, 1.54) is 44.9 Å². The molecule has 0 spiro atoms. The molecule has 0 aromatic rings. The van der Waals surface area contributed by atoms with Crippen molar-refractivity contribution in [2.45, 2.75) is 77.7 Å². The molecule has 1 heterocycles. The lowest BCUT2D eigenvalue weighted by Crippen LogP contribution is -2.61. The van der Waals surface area contributed by atoms with Crippen molar-refractivity contribution in [3.8, 4) is 0 Å². The van der Waals surface area contributed by atoms with Crippen LogP contribution in [0.4, 0.5) is 0 Å². The number of carbonyl (C=O) groups excluding carboxylic acids is 1. The van der Waals surface area contributed by atoms with E-state index in [2.05, 4.69) is 31.8 Å². The first-order valence-corrected chi connectivity index (χ1v) is 9.89. The van der Waals surface area contributed by atoms with Gasteiger partial charge in [-0.1, -0.05) is 19.9 Å². The Balaban J connectivity index is 1.60. The number of rotatable bonds is 2. The molecule has 7 atom stereocenters. The van der Waals surface area contributed by atoms with Gasteiger partial charge in [0.15, 0.2) is 0 Å². The molecule has 23 heavy (non-hydrogen) atoms. The van der Waals surface area contributed by atoms with Crippen LogP contribution in [-0.2, 0) is 4.79 Å². The highest BCUT2D eigenvalue weighted by atomic mass is 16.1. The highest BCUT2D eigenvalue weighted by molar-refractivity contribution is 5.77. The molecule has 0 bridgehead atoms. The van der Waals surface area contributed by atoms with Gasteiger partial charge >= 0.3 is 0 Å². The smallest absolute Gasteiger partial charge is 0.220 e. The summed E-state index contributed by atoms with van der Waals surface area (Å²) < 4.78 is 0. The summed E-state index contributed by atoms with van der Waals surface area (Å²) in [7, 11) is 0. The molecule has 2 heteroatoms. The number of fused-ring (bicyclic) bond motifs is 5. The fourth-order valence-corrected chi connectivity index (χ4v) is 7.40. The Morgan fingerprint density at radius 2 is 1.87 bits per heavy atom. The second-order valence-electron chi connectivity index (χ2n) is 9.42. The maximum atomic E-state index is 11.8. The van der Waals surface area contributed by atoms with Gasteiger partial charge < -0.3 is 5.32 Å². The Kier molecular flexibility index (Phi) is 3.66. The van der Waals surface area contributed by atoms with E-state index in [1.54, 1.807) is 0 Å². The number of nitrogens with one attached hydrogen (secondary N) is 1. The fraction of sp³-hybridized carbons (Fsp3) is 0.857. The molecule has 2 nitrogen and oxygen atoms in total. The van der Waals surface area contributed by atoms with Crippen LogP contribution < -0.4 is 5.32 Å². The monoisotopic (exact) mass is 315 g/mol. The normalized spacial score (nSPS) is 52.1. The van der Waals surface area contributed by atoms with Gasteiger partial charge in [-0.25, -0.2) is 0 Å². The summed E-state index contributed by atoms with van der Waals surface area (Å²) in [6.07, 6.45) is 13.4. The molecule has 4 rings (SSSR count). The first-order valence-electron chi connectivity index (χ1n) is 9.89. The van der Waals surface area contributed by atoms with E-state index in [9.17, 15) is 4.79 Å². The van der Waals surface area contributed by atoms with Crippen molar-refractivity contribution in [2.75, 3.05) is 0 Å². The maximum Gasteiger partial charge on any atom is 0.220 e. The van der Waals surface area contributed by atoms with Crippen molar-refractivity contribution in [2.24, 2.45) is 34.5 Å². The van der Waals surface area contributed by atoms with E-state index in [4.69, 9.17) is 0 Å². The van der Waals surface area contributed by atoms with Crippen LogP contribution in [0.2, 0.25) is 0 Å². The van der Waals surface area contributed by atoms with E-state index < -0.39 is 0 Å². The van der Waals surface area contributed by atoms with Crippen LogP contribution in [0, 0.1) is 34.5 Å². The van der Waals surface area contributed by atoms with Gasteiger partial charge in [-0.15, -0.1) is 6.58 Å². The van der Waals surface area contributed by atoms with Gasteiger partial charge in [0.1, 0.15) is 0 Å². The van der Waals surface area contributed by atoms with E-state index >= 15 is 0 Å².